The van der Waals surface area contributed by atoms with Crippen molar-refractivity contribution in [3.63, 3.8) is 0 Å². The number of pyridine rings is 1. The fourth-order valence-electron chi connectivity index (χ4n) is 1.60. The number of halogens is 3. The van der Waals surface area contributed by atoms with E-state index in [9.17, 15) is 13.2 Å². The first-order valence-electron chi connectivity index (χ1n) is 5.43. The Kier molecular flexibility index (Phi) is 3.64. The molecule has 2 heterocycles. The van der Waals surface area contributed by atoms with Crippen molar-refractivity contribution in [3.8, 4) is 0 Å². The molecule has 2 aromatic rings. The lowest BCUT2D eigenvalue weighted by molar-refractivity contribution is 0.0469. The van der Waals surface area contributed by atoms with Crippen molar-refractivity contribution >= 4 is 0 Å². The number of hydrogen-bond donors (Lipinski definition) is 0. The van der Waals surface area contributed by atoms with Crippen molar-refractivity contribution in [1.29, 1.82) is 0 Å². The van der Waals surface area contributed by atoms with Gasteiger partial charge in [-0.3, -0.25) is 9.67 Å². The van der Waals surface area contributed by atoms with E-state index in [1.54, 1.807) is 12.4 Å². The van der Waals surface area contributed by atoms with Crippen molar-refractivity contribution in [1.82, 2.24) is 14.8 Å². The van der Waals surface area contributed by atoms with Crippen LogP contribution in [-0.2, 0) is 6.54 Å². The summed E-state index contributed by atoms with van der Waals surface area (Å²) in [6.07, 6.45) is -0.536. The average molecular weight is 255 g/mol. The van der Waals surface area contributed by atoms with Gasteiger partial charge in [-0.05, 0) is 30.2 Å². The number of alkyl halides is 3. The molecule has 0 bridgehead atoms. The molecule has 0 aliphatic carbocycles. The average Bonchev–Trinajstić information content (AvgIpc) is 2.79. The van der Waals surface area contributed by atoms with E-state index in [0.717, 1.165) is 11.1 Å². The maximum Gasteiger partial charge on any atom is 0.275 e. The Morgan fingerprint density at radius 3 is 2.72 bits per heavy atom. The lowest BCUT2D eigenvalue weighted by atomic mass is 10.2. The van der Waals surface area contributed by atoms with Crippen LogP contribution in [0.15, 0.2) is 30.7 Å². The normalized spacial score (nSPS) is 12.9. The molecule has 0 aliphatic rings. The Morgan fingerprint density at radius 2 is 2.06 bits per heavy atom. The minimum absolute atomic E-state index is 0.239. The molecule has 3 nitrogen and oxygen atoms in total. The highest BCUT2D eigenvalue weighted by molar-refractivity contribution is 5.21. The van der Waals surface area contributed by atoms with Gasteiger partial charge in [-0.2, -0.15) is 5.10 Å². The second-order valence-corrected chi connectivity index (χ2v) is 3.98. The predicted octanol–water partition coefficient (Wildman–Crippen LogP) is 2.91. The quantitative estimate of drug-likeness (QED) is 0.841. The number of rotatable bonds is 4. The Bertz CT molecular complexity index is 525. The van der Waals surface area contributed by atoms with E-state index in [1.807, 2.05) is 13.0 Å². The molecule has 1 atom stereocenters. The van der Waals surface area contributed by atoms with Crippen LogP contribution in [0.1, 0.15) is 23.0 Å². The first-order chi connectivity index (χ1) is 8.58. The van der Waals surface area contributed by atoms with E-state index >= 15 is 0 Å². The lowest BCUT2D eigenvalue weighted by Crippen LogP contribution is -2.07. The van der Waals surface area contributed by atoms with Crippen LogP contribution in [0.4, 0.5) is 13.2 Å². The predicted molar refractivity (Wildman–Crippen MR) is 60.2 cm³/mol. The minimum atomic E-state index is -3.05. The second-order valence-electron chi connectivity index (χ2n) is 3.98. The van der Waals surface area contributed by atoms with Crippen LogP contribution >= 0.6 is 0 Å². The maximum absolute atomic E-state index is 13.1. The van der Waals surface area contributed by atoms with Crippen LogP contribution in [0.3, 0.4) is 0 Å². The van der Waals surface area contributed by atoms with Crippen molar-refractivity contribution in [2.24, 2.45) is 0 Å². The Morgan fingerprint density at radius 1 is 1.28 bits per heavy atom. The highest BCUT2D eigenvalue weighted by Gasteiger charge is 2.23. The molecule has 0 spiro atoms. The zero-order chi connectivity index (χ0) is 13.1. The van der Waals surface area contributed by atoms with E-state index in [0.29, 0.717) is 6.54 Å². The van der Waals surface area contributed by atoms with Crippen LogP contribution < -0.4 is 0 Å². The lowest BCUT2D eigenvalue weighted by Gasteiger charge is -2.06. The zero-order valence-electron chi connectivity index (χ0n) is 9.72. The van der Waals surface area contributed by atoms with Gasteiger partial charge in [-0.1, -0.05) is 0 Å². The van der Waals surface area contributed by atoms with Gasteiger partial charge in [0, 0.05) is 18.6 Å². The first-order valence-corrected chi connectivity index (χ1v) is 5.43. The third-order valence-electron chi connectivity index (χ3n) is 2.63. The van der Waals surface area contributed by atoms with E-state index in [1.165, 1.54) is 16.9 Å². The largest absolute Gasteiger partial charge is 0.275 e. The molecule has 0 saturated carbocycles. The molecule has 6 heteroatoms. The zero-order valence-corrected chi connectivity index (χ0v) is 9.72. The summed E-state index contributed by atoms with van der Waals surface area (Å²) in [5.74, 6) is 0. The summed E-state index contributed by atoms with van der Waals surface area (Å²) in [6.45, 7) is 2.30. The molecule has 96 valence electrons. The highest BCUT2D eigenvalue weighted by Crippen LogP contribution is 2.22. The molecular weight excluding hydrogens is 243 g/mol. The summed E-state index contributed by atoms with van der Waals surface area (Å²) in [4.78, 5) is 3.95. The van der Waals surface area contributed by atoms with Gasteiger partial charge in [0.1, 0.15) is 5.69 Å². The molecular formula is C12H12F3N3. The molecule has 0 N–H and O–H groups in total. The van der Waals surface area contributed by atoms with Crippen molar-refractivity contribution in [2.75, 3.05) is 0 Å². The highest BCUT2D eigenvalue weighted by atomic mass is 19.3. The number of aromatic nitrogens is 3. The summed E-state index contributed by atoms with van der Waals surface area (Å²) in [5.41, 5.74) is 1.70. The van der Waals surface area contributed by atoms with E-state index in [-0.39, 0.29) is 5.69 Å². The fourth-order valence-corrected chi connectivity index (χ4v) is 1.60. The van der Waals surface area contributed by atoms with Crippen LogP contribution in [0.2, 0.25) is 0 Å². The molecule has 0 saturated heterocycles. The Hall–Kier alpha value is -1.85. The van der Waals surface area contributed by atoms with Gasteiger partial charge in [0.15, 0.2) is 0 Å². The van der Waals surface area contributed by atoms with Gasteiger partial charge in [-0.15, -0.1) is 0 Å². The van der Waals surface area contributed by atoms with Gasteiger partial charge in [-0.25, -0.2) is 13.2 Å². The summed E-state index contributed by atoms with van der Waals surface area (Å²) in [6, 6.07) is 3.09. The molecule has 0 radical (unpaired) electrons. The molecule has 0 aromatic carbocycles. The van der Waals surface area contributed by atoms with Crippen molar-refractivity contribution in [2.45, 2.75) is 26.1 Å². The molecule has 2 aromatic heterocycles. The van der Waals surface area contributed by atoms with E-state index < -0.39 is 12.6 Å². The van der Waals surface area contributed by atoms with Crippen LogP contribution in [-0.4, -0.2) is 21.2 Å². The van der Waals surface area contributed by atoms with Crippen LogP contribution in [0, 0.1) is 6.92 Å². The van der Waals surface area contributed by atoms with Gasteiger partial charge in [0.2, 0.25) is 6.17 Å². The van der Waals surface area contributed by atoms with Crippen molar-refractivity contribution in [3.05, 3.63) is 47.5 Å². The molecule has 0 fully saturated rings. The third kappa shape index (κ3) is 2.69. The first kappa shape index (κ1) is 12.6. The van der Waals surface area contributed by atoms with Crippen LogP contribution in [0.5, 0.6) is 0 Å². The molecule has 0 amide bonds. The number of nitrogens with zero attached hydrogens (tertiary/aromatic N) is 3. The SMILES string of the molecule is Cc1cnccc1Cn1ccc(C(F)C(F)F)n1. The Labute approximate surface area is 102 Å². The number of aryl methyl sites for hydroxylation is 1. The topological polar surface area (TPSA) is 30.7 Å². The monoisotopic (exact) mass is 255 g/mol. The molecule has 18 heavy (non-hydrogen) atoms. The summed E-state index contributed by atoms with van der Waals surface area (Å²) in [7, 11) is 0. The summed E-state index contributed by atoms with van der Waals surface area (Å²) >= 11 is 0. The smallest absolute Gasteiger partial charge is 0.268 e. The van der Waals surface area contributed by atoms with Crippen LogP contribution in [0.25, 0.3) is 0 Å². The van der Waals surface area contributed by atoms with Gasteiger partial charge >= 0.3 is 0 Å². The summed E-state index contributed by atoms with van der Waals surface area (Å²) in [5, 5.41) is 3.81. The second kappa shape index (κ2) is 5.20. The van der Waals surface area contributed by atoms with E-state index in [4.69, 9.17) is 0 Å². The fraction of sp³-hybridized carbons (Fsp3) is 0.333. The summed E-state index contributed by atoms with van der Waals surface area (Å²) < 4.78 is 38.9. The Balaban J connectivity index is 2.14. The van der Waals surface area contributed by atoms with E-state index in [2.05, 4.69) is 10.1 Å². The maximum atomic E-state index is 13.1. The minimum Gasteiger partial charge on any atom is -0.268 e. The van der Waals surface area contributed by atoms with Gasteiger partial charge < -0.3 is 0 Å². The van der Waals surface area contributed by atoms with Gasteiger partial charge in [0.05, 0.1) is 6.54 Å². The molecule has 1 unspecified atom stereocenters. The standard InChI is InChI=1S/C12H12F3N3/c1-8-6-16-4-2-9(8)7-18-5-3-10(17-18)11(13)12(14)15/h2-6,11-12H,7H2,1H3. The molecule has 2 rings (SSSR count). The number of hydrogen-bond acceptors (Lipinski definition) is 2. The van der Waals surface area contributed by atoms with Gasteiger partial charge in [0.25, 0.3) is 6.43 Å². The molecule has 0 aliphatic heterocycles. The van der Waals surface area contributed by atoms with Crippen molar-refractivity contribution < 1.29 is 13.2 Å². The third-order valence-corrected chi connectivity index (χ3v) is 2.63.